The molecule has 2 fully saturated rings. The minimum Gasteiger partial charge on any atom is -0.478 e. The summed E-state index contributed by atoms with van der Waals surface area (Å²) in [5.74, 6) is -3.17. The molecule has 2 aliphatic rings. The van der Waals surface area contributed by atoms with Gasteiger partial charge in [0.15, 0.2) is 11.6 Å². The molecule has 3 rings (SSSR count). The molecule has 20 heavy (non-hydrogen) atoms. The molecular formula is C15H17F2NO2. The van der Waals surface area contributed by atoms with E-state index in [4.69, 9.17) is 5.11 Å². The highest BCUT2D eigenvalue weighted by Crippen LogP contribution is 2.40. The van der Waals surface area contributed by atoms with Gasteiger partial charge in [0.2, 0.25) is 0 Å². The third-order valence-corrected chi connectivity index (χ3v) is 4.61. The largest absolute Gasteiger partial charge is 0.478 e. The Morgan fingerprint density at radius 1 is 1.15 bits per heavy atom. The number of benzene rings is 1. The van der Waals surface area contributed by atoms with Crippen LogP contribution in [0.1, 0.15) is 42.5 Å². The quantitative estimate of drug-likeness (QED) is 0.902. The van der Waals surface area contributed by atoms with Crippen molar-refractivity contribution in [1.29, 1.82) is 0 Å². The van der Waals surface area contributed by atoms with E-state index < -0.39 is 23.2 Å². The molecule has 2 atom stereocenters. The summed E-state index contributed by atoms with van der Waals surface area (Å²) in [6.07, 6.45) is 5.50. The predicted octanol–water partition coefficient (Wildman–Crippen LogP) is 3.43. The third-order valence-electron chi connectivity index (χ3n) is 4.61. The van der Waals surface area contributed by atoms with Gasteiger partial charge >= 0.3 is 5.97 Å². The van der Waals surface area contributed by atoms with E-state index in [1.165, 1.54) is 12.5 Å². The molecule has 1 aliphatic heterocycles. The van der Waals surface area contributed by atoms with Gasteiger partial charge in [0.1, 0.15) is 0 Å². The number of carboxylic acid groups (broad SMARTS) is 1. The lowest BCUT2D eigenvalue weighted by Gasteiger charge is -2.33. The van der Waals surface area contributed by atoms with E-state index in [2.05, 4.69) is 0 Å². The van der Waals surface area contributed by atoms with Crippen LogP contribution in [0.2, 0.25) is 0 Å². The van der Waals surface area contributed by atoms with Crippen molar-refractivity contribution in [2.24, 2.45) is 5.92 Å². The maximum Gasteiger partial charge on any atom is 0.338 e. The fourth-order valence-corrected chi connectivity index (χ4v) is 3.63. The van der Waals surface area contributed by atoms with Gasteiger partial charge in [-0.2, -0.15) is 0 Å². The van der Waals surface area contributed by atoms with E-state index in [0.29, 0.717) is 5.92 Å². The molecule has 0 spiro atoms. The van der Waals surface area contributed by atoms with Crippen molar-refractivity contribution in [1.82, 2.24) is 0 Å². The van der Waals surface area contributed by atoms with Crippen molar-refractivity contribution >= 4 is 11.7 Å². The van der Waals surface area contributed by atoms with Crippen LogP contribution in [-0.4, -0.2) is 23.7 Å². The van der Waals surface area contributed by atoms with Crippen LogP contribution < -0.4 is 4.90 Å². The standard InChI is InChI=1S/C15H17F2NO2/c16-13-10(15(19)20)5-6-12(14(13)17)18-8-7-9-3-1-2-4-11(9)18/h5-6,9,11H,1-4,7-8H2,(H,19,20). The average Bonchev–Trinajstić information content (AvgIpc) is 2.85. The number of aromatic carboxylic acids is 1. The van der Waals surface area contributed by atoms with Crippen molar-refractivity contribution < 1.29 is 18.7 Å². The van der Waals surface area contributed by atoms with Gasteiger partial charge in [-0.1, -0.05) is 12.8 Å². The number of hydrogen-bond donors (Lipinski definition) is 1. The summed E-state index contributed by atoms with van der Waals surface area (Å²) in [5.41, 5.74) is -0.396. The molecule has 0 aromatic heterocycles. The fraction of sp³-hybridized carbons (Fsp3) is 0.533. The van der Waals surface area contributed by atoms with Gasteiger partial charge in [0.05, 0.1) is 11.3 Å². The number of nitrogens with zero attached hydrogens (tertiary/aromatic N) is 1. The van der Waals surface area contributed by atoms with Crippen LogP contribution in [0.5, 0.6) is 0 Å². The normalized spacial score (nSPS) is 25.6. The summed E-state index contributed by atoms with van der Waals surface area (Å²) < 4.78 is 28.0. The second-order valence-electron chi connectivity index (χ2n) is 5.66. The van der Waals surface area contributed by atoms with Gasteiger partial charge in [-0.3, -0.25) is 0 Å². The highest BCUT2D eigenvalue weighted by atomic mass is 19.2. The lowest BCUT2D eigenvalue weighted by molar-refractivity contribution is 0.0690. The summed E-state index contributed by atoms with van der Waals surface area (Å²) >= 11 is 0. The fourth-order valence-electron chi connectivity index (χ4n) is 3.63. The van der Waals surface area contributed by atoms with Crippen molar-refractivity contribution in [3.63, 3.8) is 0 Å². The molecule has 1 aliphatic carbocycles. The third kappa shape index (κ3) is 2.05. The molecule has 3 nitrogen and oxygen atoms in total. The molecule has 2 unspecified atom stereocenters. The maximum absolute atomic E-state index is 14.2. The zero-order valence-corrected chi connectivity index (χ0v) is 11.1. The van der Waals surface area contributed by atoms with Gasteiger partial charge in [0.25, 0.3) is 0 Å². The lowest BCUT2D eigenvalue weighted by atomic mass is 9.85. The van der Waals surface area contributed by atoms with Gasteiger partial charge in [-0.25, -0.2) is 13.6 Å². The number of hydrogen-bond acceptors (Lipinski definition) is 2. The molecule has 0 bridgehead atoms. The van der Waals surface area contributed by atoms with Crippen LogP contribution in [0.4, 0.5) is 14.5 Å². The van der Waals surface area contributed by atoms with Crippen molar-refractivity contribution in [3.8, 4) is 0 Å². The molecule has 1 saturated carbocycles. The Labute approximate surface area is 116 Å². The van der Waals surface area contributed by atoms with Crippen LogP contribution in [0.3, 0.4) is 0 Å². The smallest absolute Gasteiger partial charge is 0.338 e. The van der Waals surface area contributed by atoms with Gasteiger partial charge in [0, 0.05) is 12.6 Å². The van der Waals surface area contributed by atoms with E-state index in [1.807, 2.05) is 4.90 Å². The number of carbonyl (C=O) groups is 1. The Morgan fingerprint density at radius 3 is 2.65 bits per heavy atom. The summed E-state index contributed by atoms with van der Waals surface area (Å²) in [4.78, 5) is 12.7. The molecule has 1 N–H and O–H groups in total. The maximum atomic E-state index is 14.2. The van der Waals surface area contributed by atoms with E-state index in [0.717, 1.165) is 38.3 Å². The molecule has 5 heteroatoms. The highest BCUT2D eigenvalue weighted by molar-refractivity contribution is 5.88. The number of fused-ring (bicyclic) bond motifs is 1. The Morgan fingerprint density at radius 2 is 1.90 bits per heavy atom. The summed E-state index contributed by atoms with van der Waals surface area (Å²) in [6, 6.07) is 2.83. The second kappa shape index (κ2) is 5.04. The summed E-state index contributed by atoms with van der Waals surface area (Å²) in [6.45, 7) is 0.720. The SMILES string of the molecule is O=C(O)c1ccc(N2CCC3CCCCC32)c(F)c1F. The molecule has 1 saturated heterocycles. The van der Waals surface area contributed by atoms with Gasteiger partial charge in [-0.15, -0.1) is 0 Å². The number of rotatable bonds is 2. The molecule has 1 aromatic rings. The Bertz CT molecular complexity index is 547. The minimum atomic E-state index is -1.44. The zero-order chi connectivity index (χ0) is 14.3. The van der Waals surface area contributed by atoms with Crippen molar-refractivity contribution in [2.45, 2.75) is 38.1 Å². The lowest BCUT2D eigenvalue weighted by Crippen LogP contribution is -2.35. The number of anilines is 1. The first-order valence-electron chi connectivity index (χ1n) is 7.07. The van der Waals surface area contributed by atoms with E-state index in [1.54, 1.807) is 0 Å². The van der Waals surface area contributed by atoms with E-state index in [9.17, 15) is 13.6 Å². The minimum absolute atomic E-state index is 0.210. The second-order valence-corrected chi connectivity index (χ2v) is 5.66. The van der Waals surface area contributed by atoms with E-state index >= 15 is 0 Å². The van der Waals surface area contributed by atoms with Crippen LogP contribution in [0.15, 0.2) is 12.1 Å². The van der Waals surface area contributed by atoms with Gasteiger partial charge in [-0.05, 0) is 37.3 Å². The van der Waals surface area contributed by atoms with Crippen LogP contribution in [0.25, 0.3) is 0 Å². The Balaban J connectivity index is 1.95. The Hall–Kier alpha value is -1.65. The first-order valence-corrected chi connectivity index (χ1v) is 7.07. The number of halogens is 2. The van der Waals surface area contributed by atoms with Crippen LogP contribution in [0, 0.1) is 17.6 Å². The van der Waals surface area contributed by atoms with E-state index in [-0.39, 0.29) is 11.7 Å². The molecule has 1 aromatic carbocycles. The molecule has 108 valence electrons. The van der Waals surface area contributed by atoms with Crippen LogP contribution >= 0.6 is 0 Å². The zero-order valence-electron chi connectivity index (χ0n) is 11.1. The summed E-state index contributed by atoms with van der Waals surface area (Å²) in [7, 11) is 0. The molecule has 1 heterocycles. The summed E-state index contributed by atoms with van der Waals surface area (Å²) in [5, 5.41) is 8.81. The van der Waals surface area contributed by atoms with Crippen molar-refractivity contribution in [2.75, 3.05) is 11.4 Å². The van der Waals surface area contributed by atoms with Gasteiger partial charge < -0.3 is 10.0 Å². The Kier molecular flexibility index (Phi) is 3.36. The highest BCUT2D eigenvalue weighted by Gasteiger charge is 2.37. The van der Waals surface area contributed by atoms with Crippen molar-refractivity contribution in [3.05, 3.63) is 29.3 Å². The first kappa shape index (κ1) is 13.3. The molecular weight excluding hydrogens is 264 g/mol. The predicted molar refractivity (Wildman–Crippen MR) is 71.0 cm³/mol. The monoisotopic (exact) mass is 281 g/mol. The van der Waals surface area contributed by atoms with Crippen LogP contribution in [-0.2, 0) is 0 Å². The first-order chi connectivity index (χ1) is 9.59. The average molecular weight is 281 g/mol. The molecule has 0 radical (unpaired) electrons. The molecule has 0 amide bonds. The number of carboxylic acids is 1. The topological polar surface area (TPSA) is 40.5 Å².